The van der Waals surface area contributed by atoms with E-state index in [9.17, 15) is 9.59 Å². The molecule has 1 aromatic heterocycles. The summed E-state index contributed by atoms with van der Waals surface area (Å²) >= 11 is 0. The van der Waals surface area contributed by atoms with Crippen molar-refractivity contribution in [3.8, 4) is 0 Å². The Bertz CT molecular complexity index is 436. The molecular weight excluding hydrogens is 244 g/mol. The first-order chi connectivity index (χ1) is 9.08. The minimum atomic E-state index is -0.483. The van der Waals surface area contributed by atoms with Crippen LogP contribution in [0.4, 0.5) is 0 Å². The second-order valence-corrected chi connectivity index (χ2v) is 5.30. The summed E-state index contributed by atoms with van der Waals surface area (Å²) in [5.74, 6) is 0.690. The Morgan fingerprint density at radius 2 is 2.16 bits per heavy atom. The number of carbonyl (C=O) groups is 2. The molecule has 0 aromatic carbocycles. The van der Waals surface area contributed by atoms with Crippen molar-refractivity contribution in [2.45, 2.75) is 39.3 Å². The molecule has 0 spiro atoms. The van der Waals surface area contributed by atoms with Crippen LogP contribution >= 0.6 is 0 Å². The van der Waals surface area contributed by atoms with Gasteiger partial charge in [0, 0.05) is 5.92 Å². The summed E-state index contributed by atoms with van der Waals surface area (Å²) in [5, 5.41) is 5.61. The van der Waals surface area contributed by atoms with E-state index in [1.165, 1.54) is 0 Å². The summed E-state index contributed by atoms with van der Waals surface area (Å²) in [6, 6.07) is 3.09. The van der Waals surface area contributed by atoms with Crippen molar-refractivity contribution in [3.05, 3.63) is 24.2 Å². The first-order valence-electron chi connectivity index (χ1n) is 6.68. The minimum Gasteiger partial charge on any atom is -0.467 e. The van der Waals surface area contributed by atoms with Gasteiger partial charge in [0.2, 0.25) is 11.8 Å². The van der Waals surface area contributed by atoms with Gasteiger partial charge >= 0.3 is 0 Å². The third kappa shape index (κ3) is 3.84. The first kappa shape index (κ1) is 13.6. The van der Waals surface area contributed by atoms with Gasteiger partial charge in [-0.25, -0.2) is 0 Å². The molecule has 0 aliphatic heterocycles. The monoisotopic (exact) mass is 264 g/mol. The molecule has 5 heteroatoms. The summed E-state index contributed by atoms with van der Waals surface area (Å²) in [5.41, 5.74) is 0. The van der Waals surface area contributed by atoms with Crippen LogP contribution < -0.4 is 10.6 Å². The Kier molecular flexibility index (Phi) is 4.24. The van der Waals surface area contributed by atoms with Crippen LogP contribution in [0.15, 0.2) is 22.8 Å². The molecular formula is C14H20N2O3. The Balaban J connectivity index is 1.86. The van der Waals surface area contributed by atoms with Crippen molar-refractivity contribution in [3.63, 3.8) is 0 Å². The fourth-order valence-corrected chi connectivity index (χ4v) is 1.85. The summed E-state index contributed by atoms with van der Waals surface area (Å²) in [4.78, 5) is 23.8. The van der Waals surface area contributed by atoms with E-state index in [0.29, 0.717) is 12.3 Å². The van der Waals surface area contributed by atoms with Crippen LogP contribution in [0.1, 0.15) is 32.4 Å². The number of furan rings is 1. The highest BCUT2D eigenvalue weighted by Gasteiger charge is 2.33. The van der Waals surface area contributed by atoms with Gasteiger partial charge in [-0.2, -0.15) is 0 Å². The van der Waals surface area contributed by atoms with E-state index < -0.39 is 6.04 Å². The van der Waals surface area contributed by atoms with E-state index in [1.807, 2.05) is 13.8 Å². The first-order valence-corrected chi connectivity index (χ1v) is 6.68. The lowest BCUT2D eigenvalue weighted by Crippen LogP contribution is -2.49. The standard InChI is InChI=1S/C14H20N2O3/c1-9(2)12(16-13(17)10-5-6-10)14(18)15-8-11-4-3-7-19-11/h3-4,7,9-10,12H,5-6,8H2,1-2H3,(H,15,18)(H,16,17)/t12-/m1/s1. The fraction of sp³-hybridized carbons (Fsp3) is 0.571. The lowest BCUT2D eigenvalue weighted by atomic mass is 10.0. The van der Waals surface area contributed by atoms with Crippen LogP contribution in [0.25, 0.3) is 0 Å². The highest BCUT2D eigenvalue weighted by Crippen LogP contribution is 2.29. The molecule has 0 unspecified atom stereocenters. The van der Waals surface area contributed by atoms with Gasteiger partial charge in [0.1, 0.15) is 11.8 Å². The normalized spacial score (nSPS) is 16.2. The van der Waals surface area contributed by atoms with E-state index in [4.69, 9.17) is 4.42 Å². The Morgan fingerprint density at radius 1 is 1.42 bits per heavy atom. The van der Waals surface area contributed by atoms with Crippen molar-refractivity contribution in [2.24, 2.45) is 11.8 Å². The summed E-state index contributed by atoms with van der Waals surface area (Å²) in [6.45, 7) is 4.18. The topological polar surface area (TPSA) is 71.3 Å². The zero-order valence-electron chi connectivity index (χ0n) is 11.3. The number of hydrogen-bond donors (Lipinski definition) is 2. The Labute approximate surface area is 112 Å². The zero-order chi connectivity index (χ0) is 13.8. The Hall–Kier alpha value is -1.78. The van der Waals surface area contributed by atoms with E-state index in [2.05, 4.69) is 10.6 Å². The van der Waals surface area contributed by atoms with Crippen LogP contribution in [0.3, 0.4) is 0 Å². The molecule has 5 nitrogen and oxygen atoms in total. The van der Waals surface area contributed by atoms with Crippen LogP contribution in [0.5, 0.6) is 0 Å². The molecule has 19 heavy (non-hydrogen) atoms. The van der Waals surface area contributed by atoms with Gasteiger partial charge in [0.05, 0.1) is 12.8 Å². The fourth-order valence-electron chi connectivity index (χ4n) is 1.85. The lowest BCUT2D eigenvalue weighted by Gasteiger charge is -2.21. The molecule has 1 atom stereocenters. The maximum absolute atomic E-state index is 12.1. The van der Waals surface area contributed by atoms with Gasteiger partial charge in [-0.15, -0.1) is 0 Å². The zero-order valence-corrected chi connectivity index (χ0v) is 11.3. The van der Waals surface area contributed by atoms with E-state index in [-0.39, 0.29) is 23.7 Å². The molecule has 0 radical (unpaired) electrons. The summed E-state index contributed by atoms with van der Waals surface area (Å²) in [6.07, 6.45) is 3.44. The molecule has 1 fully saturated rings. The number of amides is 2. The van der Waals surface area contributed by atoms with Crippen molar-refractivity contribution < 1.29 is 14.0 Å². The van der Waals surface area contributed by atoms with Gasteiger partial charge in [0.25, 0.3) is 0 Å². The molecule has 104 valence electrons. The van der Waals surface area contributed by atoms with E-state index in [1.54, 1.807) is 18.4 Å². The average molecular weight is 264 g/mol. The van der Waals surface area contributed by atoms with Crippen molar-refractivity contribution in [1.29, 1.82) is 0 Å². The number of hydrogen-bond acceptors (Lipinski definition) is 3. The molecule has 1 saturated carbocycles. The maximum atomic E-state index is 12.1. The van der Waals surface area contributed by atoms with Crippen molar-refractivity contribution >= 4 is 11.8 Å². The minimum absolute atomic E-state index is 0.00755. The Morgan fingerprint density at radius 3 is 2.68 bits per heavy atom. The molecule has 2 N–H and O–H groups in total. The van der Waals surface area contributed by atoms with Gasteiger partial charge in [-0.1, -0.05) is 13.8 Å². The maximum Gasteiger partial charge on any atom is 0.243 e. The van der Waals surface area contributed by atoms with Gasteiger partial charge in [0.15, 0.2) is 0 Å². The number of nitrogens with one attached hydrogen (secondary N) is 2. The predicted octanol–water partition coefficient (Wildman–Crippen LogP) is 1.45. The van der Waals surface area contributed by atoms with Gasteiger partial charge < -0.3 is 15.1 Å². The molecule has 1 heterocycles. The number of carbonyl (C=O) groups excluding carboxylic acids is 2. The molecule has 1 aliphatic carbocycles. The molecule has 2 rings (SSSR count). The second-order valence-electron chi connectivity index (χ2n) is 5.30. The summed E-state index contributed by atoms with van der Waals surface area (Å²) in [7, 11) is 0. The summed E-state index contributed by atoms with van der Waals surface area (Å²) < 4.78 is 5.15. The van der Waals surface area contributed by atoms with Crippen LogP contribution in [-0.4, -0.2) is 17.9 Å². The average Bonchev–Trinajstić information content (AvgIpc) is 3.10. The molecule has 1 aromatic rings. The number of rotatable bonds is 6. The third-order valence-corrected chi connectivity index (χ3v) is 3.21. The predicted molar refractivity (Wildman–Crippen MR) is 70.0 cm³/mol. The SMILES string of the molecule is CC(C)[C@@H](NC(=O)C1CC1)C(=O)NCc1ccco1. The smallest absolute Gasteiger partial charge is 0.243 e. The lowest BCUT2D eigenvalue weighted by molar-refractivity contribution is -0.130. The molecule has 0 bridgehead atoms. The van der Waals surface area contributed by atoms with E-state index >= 15 is 0 Å². The van der Waals surface area contributed by atoms with E-state index in [0.717, 1.165) is 12.8 Å². The van der Waals surface area contributed by atoms with Crippen LogP contribution in [0, 0.1) is 11.8 Å². The molecule has 1 aliphatic rings. The van der Waals surface area contributed by atoms with Crippen LogP contribution in [-0.2, 0) is 16.1 Å². The van der Waals surface area contributed by atoms with Crippen LogP contribution in [0.2, 0.25) is 0 Å². The quantitative estimate of drug-likeness (QED) is 0.817. The second kappa shape index (κ2) is 5.91. The largest absolute Gasteiger partial charge is 0.467 e. The van der Waals surface area contributed by atoms with Gasteiger partial charge in [-0.05, 0) is 30.9 Å². The van der Waals surface area contributed by atoms with Crippen molar-refractivity contribution in [2.75, 3.05) is 0 Å². The highest BCUT2D eigenvalue weighted by atomic mass is 16.3. The molecule has 2 amide bonds. The van der Waals surface area contributed by atoms with Crippen molar-refractivity contribution in [1.82, 2.24) is 10.6 Å². The highest BCUT2D eigenvalue weighted by molar-refractivity contribution is 5.89. The van der Waals surface area contributed by atoms with Gasteiger partial charge in [-0.3, -0.25) is 9.59 Å². The third-order valence-electron chi connectivity index (χ3n) is 3.21. The molecule has 0 saturated heterocycles.